The molecule has 2 aliphatic rings. The van der Waals surface area contributed by atoms with E-state index in [4.69, 9.17) is 9.05 Å². The predicted molar refractivity (Wildman–Crippen MR) is 43.6 cm³/mol. The van der Waals surface area contributed by atoms with Crippen molar-refractivity contribution in [2.75, 3.05) is 19.0 Å². The fraction of sp³-hybridized carbons (Fsp3) is 0.800. The Morgan fingerprint density at radius 3 is 2.79 bits per heavy atom. The molecule has 9 heteroatoms. The standard InChI is InChI=1S/C5H7O7PS/c6-5-2-9-13(12-5)11-4-1-10-14(7,8)3-4/h4H,1-3H2. The van der Waals surface area contributed by atoms with Crippen LogP contribution in [0.4, 0.5) is 0 Å². The average Bonchev–Trinajstić information content (AvgIpc) is 2.59. The molecule has 0 N–H and O–H groups in total. The molecular weight excluding hydrogens is 235 g/mol. The normalized spacial score (nSPS) is 35.9. The van der Waals surface area contributed by atoms with E-state index in [9.17, 15) is 13.2 Å². The molecule has 0 aromatic rings. The van der Waals surface area contributed by atoms with Gasteiger partial charge in [0.05, 0.1) is 6.61 Å². The first-order chi connectivity index (χ1) is 6.55. The first-order valence-corrected chi connectivity index (χ1v) is 6.40. The van der Waals surface area contributed by atoms with Gasteiger partial charge in [0, 0.05) is 0 Å². The molecule has 0 radical (unpaired) electrons. The number of carbonyl (C=O) groups is 1. The monoisotopic (exact) mass is 242 g/mol. The molecule has 0 aliphatic carbocycles. The topological polar surface area (TPSA) is 88.1 Å². The third kappa shape index (κ3) is 2.40. The molecule has 2 atom stereocenters. The molecule has 2 fully saturated rings. The quantitative estimate of drug-likeness (QED) is 0.477. The Morgan fingerprint density at radius 1 is 1.50 bits per heavy atom. The molecule has 0 aromatic heterocycles. The Bertz CT molecular complexity index is 338. The van der Waals surface area contributed by atoms with E-state index in [-0.39, 0.29) is 19.0 Å². The van der Waals surface area contributed by atoms with Gasteiger partial charge in [-0.25, -0.2) is 4.79 Å². The summed E-state index contributed by atoms with van der Waals surface area (Å²) < 4.78 is 40.6. The van der Waals surface area contributed by atoms with Crippen molar-refractivity contribution >= 4 is 24.7 Å². The summed E-state index contributed by atoms with van der Waals surface area (Å²) in [4.78, 5) is 10.6. The lowest BCUT2D eigenvalue weighted by atomic mass is 10.5. The van der Waals surface area contributed by atoms with Gasteiger partial charge in [-0.1, -0.05) is 0 Å². The van der Waals surface area contributed by atoms with Gasteiger partial charge in [-0.15, -0.1) is 0 Å². The molecule has 2 heterocycles. The summed E-state index contributed by atoms with van der Waals surface area (Å²) in [6, 6.07) is 0. The van der Waals surface area contributed by atoms with E-state index in [1.54, 1.807) is 0 Å². The van der Waals surface area contributed by atoms with Crippen molar-refractivity contribution in [3.8, 4) is 0 Å². The number of hydrogen-bond acceptors (Lipinski definition) is 7. The van der Waals surface area contributed by atoms with E-state index in [0.717, 1.165) is 0 Å². The molecule has 2 aliphatic heterocycles. The third-order valence-corrected chi connectivity index (χ3v) is 3.96. The average molecular weight is 242 g/mol. The van der Waals surface area contributed by atoms with E-state index < -0.39 is 30.8 Å². The Labute approximate surface area is 81.4 Å². The van der Waals surface area contributed by atoms with Crippen LogP contribution in [0.3, 0.4) is 0 Å². The zero-order valence-corrected chi connectivity index (χ0v) is 8.62. The van der Waals surface area contributed by atoms with Crippen LogP contribution in [-0.4, -0.2) is 39.5 Å². The molecule has 0 bridgehead atoms. The number of carbonyl (C=O) groups excluding carboxylic acids is 1. The zero-order valence-electron chi connectivity index (χ0n) is 6.91. The minimum Gasteiger partial charge on any atom is -0.392 e. The lowest BCUT2D eigenvalue weighted by Gasteiger charge is -2.09. The zero-order chi connectivity index (χ0) is 10.2. The van der Waals surface area contributed by atoms with Gasteiger partial charge in [0.1, 0.15) is 11.9 Å². The van der Waals surface area contributed by atoms with Gasteiger partial charge < -0.3 is 4.52 Å². The van der Waals surface area contributed by atoms with E-state index in [1.807, 2.05) is 0 Å². The number of rotatable bonds is 2. The third-order valence-electron chi connectivity index (χ3n) is 1.52. The maximum absolute atomic E-state index is 10.8. The molecular formula is C5H7O7PS. The minimum atomic E-state index is -3.46. The largest absolute Gasteiger partial charge is 0.400 e. The van der Waals surface area contributed by atoms with Crippen molar-refractivity contribution in [2.24, 2.45) is 0 Å². The second-order valence-corrected chi connectivity index (χ2v) is 5.48. The Kier molecular flexibility index (Phi) is 2.72. The second-order valence-electron chi connectivity index (χ2n) is 2.70. The first kappa shape index (κ1) is 10.3. The van der Waals surface area contributed by atoms with Gasteiger partial charge in [-0.2, -0.15) is 8.42 Å². The lowest BCUT2D eigenvalue weighted by molar-refractivity contribution is -0.132. The maximum Gasteiger partial charge on any atom is 0.400 e. The van der Waals surface area contributed by atoms with Crippen LogP contribution in [0.25, 0.3) is 0 Å². The first-order valence-electron chi connectivity index (χ1n) is 3.73. The van der Waals surface area contributed by atoms with Crippen molar-refractivity contribution in [1.29, 1.82) is 0 Å². The van der Waals surface area contributed by atoms with Crippen LogP contribution in [0, 0.1) is 0 Å². The summed E-state index contributed by atoms with van der Waals surface area (Å²) in [6.45, 7) is -0.200. The van der Waals surface area contributed by atoms with E-state index in [1.165, 1.54) is 0 Å². The van der Waals surface area contributed by atoms with Crippen LogP contribution in [0.2, 0.25) is 0 Å². The van der Waals surface area contributed by atoms with Crippen molar-refractivity contribution in [1.82, 2.24) is 0 Å². The predicted octanol–water partition coefficient (Wildman–Crippen LogP) is -0.468. The lowest BCUT2D eigenvalue weighted by Crippen LogP contribution is -2.14. The van der Waals surface area contributed by atoms with Crippen LogP contribution in [-0.2, 0) is 32.7 Å². The van der Waals surface area contributed by atoms with Crippen molar-refractivity contribution in [2.45, 2.75) is 6.10 Å². The summed E-state index contributed by atoms with van der Waals surface area (Å²) in [6.07, 6.45) is -0.614. The molecule has 0 spiro atoms. The summed E-state index contributed by atoms with van der Waals surface area (Å²) in [7, 11) is -5.19. The summed E-state index contributed by atoms with van der Waals surface area (Å²) in [5.41, 5.74) is 0. The smallest absolute Gasteiger partial charge is 0.392 e. The molecule has 2 rings (SSSR count). The molecule has 0 amide bonds. The van der Waals surface area contributed by atoms with Gasteiger partial charge in [0.25, 0.3) is 10.1 Å². The van der Waals surface area contributed by atoms with Gasteiger partial charge >= 0.3 is 14.6 Å². The van der Waals surface area contributed by atoms with Gasteiger partial charge in [0.15, 0.2) is 6.61 Å². The SMILES string of the molecule is O=C1COP(OC2COS(=O)(=O)C2)O1. The fourth-order valence-electron chi connectivity index (χ4n) is 0.979. The summed E-state index contributed by atoms with van der Waals surface area (Å²) in [5.74, 6) is -0.731. The minimum absolute atomic E-state index is 0.0535. The Morgan fingerprint density at radius 2 is 2.29 bits per heavy atom. The summed E-state index contributed by atoms with van der Waals surface area (Å²) >= 11 is 0. The van der Waals surface area contributed by atoms with E-state index >= 15 is 0 Å². The van der Waals surface area contributed by atoms with Gasteiger partial charge in [-0.05, 0) is 0 Å². The van der Waals surface area contributed by atoms with Crippen molar-refractivity contribution < 1.29 is 31.0 Å². The molecule has 80 valence electrons. The Balaban J connectivity index is 1.85. The molecule has 7 nitrogen and oxygen atoms in total. The van der Waals surface area contributed by atoms with Crippen LogP contribution in [0.5, 0.6) is 0 Å². The van der Waals surface area contributed by atoms with Crippen molar-refractivity contribution in [3.05, 3.63) is 0 Å². The molecule has 14 heavy (non-hydrogen) atoms. The van der Waals surface area contributed by atoms with Gasteiger partial charge in [-0.3, -0.25) is 13.2 Å². The van der Waals surface area contributed by atoms with Crippen LogP contribution in [0.1, 0.15) is 0 Å². The molecule has 0 saturated carbocycles. The highest BCUT2D eigenvalue weighted by molar-refractivity contribution is 7.87. The highest BCUT2D eigenvalue weighted by Gasteiger charge is 2.36. The highest BCUT2D eigenvalue weighted by atomic mass is 32.2. The molecule has 0 aromatic carbocycles. The van der Waals surface area contributed by atoms with Crippen molar-refractivity contribution in [3.63, 3.8) is 0 Å². The van der Waals surface area contributed by atoms with E-state index in [2.05, 4.69) is 8.71 Å². The van der Waals surface area contributed by atoms with Crippen LogP contribution >= 0.6 is 8.60 Å². The fourth-order valence-corrected chi connectivity index (χ4v) is 3.12. The maximum atomic E-state index is 10.8. The van der Waals surface area contributed by atoms with Crippen LogP contribution in [0.15, 0.2) is 0 Å². The molecule has 2 saturated heterocycles. The van der Waals surface area contributed by atoms with E-state index in [0.29, 0.717) is 0 Å². The Hall–Kier alpha value is -0.270. The van der Waals surface area contributed by atoms with Crippen LogP contribution < -0.4 is 0 Å². The highest BCUT2D eigenvalue weighted by Crippen LogP contribution is 2.45. The second kappa shape index (κ2) is 3.71. The number of hydrogen-bond donors (Lipinski definition) is 0. The molecule has 2 unspecified atom stereocenters. The summed E-state index contributed by atoms with van der Waals surface area (Å²) in [5, 5.41) is 0. The van der Waals surface area contributed by atoms with Gasteiger partial charge in [0.2, 0.25) is 0 Å².